The second-order valence-electron chi connectivity index (χ2n) is 5.03. The molecule has 0 fully saturated rings. The molecule has 2 aromatic rings. The molecule has 0 atom stereocenters. The Labute approximate surface area is 114 Å². The molecule has 3 nitrogen and oxygen atoms in total. The van der Waals surface area contributed by atoms with Crippen LogP contribution in [0, 0.1) is 13.8 Å². The maximum atomic E-state index is 12.1. The van der Waals surface area contributed by atoms with Crippen LogP contribution in [0.25, 0.3) is 0 Å². The second-order valence-corrected chi connectivity index (χ2v) is 5.03. The molecule has 0 saturated heterocycles. The summed E-state index contributed by atoms with van der Waals surface area (Å²) in [6, 6.07) is 6.25. The number of ketones is 1. The molecule has 0 aliphatic carbocycles. The highest BCUT2D eigenvalue weighted by molar-refractivity contribution is 5.83. The van der Waals surface area contributed by atoms with Crippen molar-refractivity contribution in [2.24, 2.45) is 0 Å². The van der Waals surface area contributed by atoms with E-state index < -0.39 is 0 Å². The molecule has 0 spiro atoms. The largest absolute Gasteiger partial charge is 0.299 e. The van der Waals surface area contributed by atoms with E-state index >= 15 is 0 Å². The number of benzene rings is 1. The van der Waals surface area contributed by atoms with E-state index in [2.05, 4.69) is 37.1 Å². The highest BCUT2D eigenvalue weighted by Gasteiger charge is 2.09. The van der Waals surface area contributed by atoms with Crippen molar-refractivity contribution in [1.29, 1.82) is 0 Å². The number of carbonyl (C=O) groups excluding carboxylic acids is 1. The summed E-state index contributed by atoms with van der Waals surface area (Å²) in [7, 11) is 0. The number of hydrogen-bond acceptors (Lipinski definition) is 2. The van der Waals surface area contributed by atoms with Gasteiger partial charge in [-0.2, -0.15) is 5.10 Å². The predicted octanol–water partition coefficient (Wildman–Crippen LogP) is 2.87. The quantitative estimate of drug-likeness (QED) is 0.824. The third kappa shape index (κ3) is 3.53. The van der Waals surface area contributed by atoms with Crippen LogP contribution in [0.1, 0.15) is 29.2 Å². The van der Waals surface area contributed by atoms with Gasteiger partial charge in [0.15, 0.2) is 0 Å². The lowest BCUT2D eigenvalue weighted by Crippen LogP contribution is -2.07. The molecule has 0 N–H and O–H groups in total. The van der Waals surface area contributed by atoms with Crippen LogP contribution in [-0.2, 0) is 24.2 Å². The van der Waals surface area contributed by atoms with Gasteiger partial charge in [-0.3, -0.25) is 9.48 Å². The fourth-order valence-corrected chi connectivity index (χ4v) is 2.16. The van der Waals surface area contributed by atoms with Gasteiger partial charge >= 0.3 is 0 Å². The number of nitrogens with zero attached hydrogens (tertiary/aromatic N) is 2. The van der Waals surface area contributed by atoms with Crippen LogP contribution < -0.4 is 0 Å². The SMILES string of the molecule is CCn1cc(CC(=O)Cc2cc(C)ccc2C)cn1. The molecule has 1 heterocycles. The smallest absolute Gasteiger partial charge is 0.141 e. The summed E-state index contributed by atoms with van der Waals surface area (Å²) in [6.45, 7) is 6.98. The average molecular weight is 256 g/mol. The Morgan fingerprint density at radius 2 is 2.05 bits per heavy atom. The summed E-state index contributed by atoms with van der Waals surface area (Å²) in [6.07, 6.45) is 4.70. The maximum absolute atomic E-state index is 12.1. The fraction of sp³-hybridized carbons (Fsp3) is 0.375. The van der Waals surface area contributed by atoms with E-state index in [1.54, 1.807) is 6.20 Å². The van der Waals surface area contributed by atoms with Crippen molar-refractivity contribution in [2.45, 2.75) is 40.2 Å². The Morgan fingerprint density at radius 1 is 1.26 bits per heavy atom. The van der Waals surface area contributed by atoms with Crippen LogP contribution in [0.4, 0.5) is 0 Å². The van der Waals surface area contributed by atoms with Crippen LogP contribution in [0.3, 0.4) is 0 Å². The Kier molecular flexibility index (Phi) is 4.15. The van der Waals surface area contributed by atoms with Gasteiger partial charge in [0.05, 0.1) is 6.20 Å². The number of hydrogen-bond donors (Lipinski definition) is 0. The molecule has 0 radical (unpaired) electrons. The second kappa shape index (κ2) is 5.83. The number of aryl methyl sites for hydroxylation is 3. The zero-order valence-electron chi connectivity index (χ0n) is 11.8. The maximum Gasteiger partial charge on any atom is 0.141 e. The molecule has 0 amide bonds. The average Bonchev–Trinajstić information content (AvgIpc) is 2.81. The molecule has 2 rings (SSSR count). The Morgan fingerprint density at radius 3 is 2.74 bits per heavy atom. The van der Waals surface area contributed by atoms with Crippen LogP contribution in [0.2, 0.25) is 0 Å². The third-order valence-electron chi connectivity index (χ3n) is 3.30. The first-order valence-corrected chi connectivity index (χ1v) is 6.67. The first-order valence-electron chi connectivity index (χ1n) is 6.67. The lowest BCUT2D eigenvalue weighted by atomic mass is 9.99. The molecular weight excluding hydrogens is 236 g/mol. The van der Waals surface area contributed by atoms with E-state index in [-0.39, 0.29) is 5.78 Å². The highest BCUT2D eigenvalue weighted by atomic mass is 16.1. The van der Waals surface area contributed by atoms with Crippen LogP contribution in [0.5, 0.6) is 0 Å². The molecule has 0 aliphatic rings. The van der Waals surface area contributed by atoms with Crippen LogP contribution in [-0.4, -0.2) is 15.6 Å². The summed E-state index contributed by atoms with van der Waals surface area (Å²) in [5.41, 5.74) is 4.51. The normalized spacial score (nSPS) is 10.7. The van der Waals surface area contributed by atoms with Gasteiger partial charge in [0, 0.05) is 25.6 Å². The number of carbonyl (C=O) groups is 1. The van der Waals surface area contributed by atoms with Crippen LogP contribution in [0.15, 0.2) is 30.6 Å². The summed E-state index contributed by atoms with van der Waals surface area (Å²) in [5.74, 6) is 0.240. The van der Waals surface area contributed by atoms with E-state index in [1.165, 1.54) is 11.1 Å². The molecule has 3 heteroatoms. The van der Waals surface area contributed by atoms with Gasteiger partial charge in [0.25, 0.3) is 0 Å². The lowest BCUT2D eigenvalue weighted by Gasteiger charge is -2.06. The van der Waals surface area contributed by atoms with E-state index in [0.717, 1.165) is 17.7 Å². The number of Topliss-reactive ketones (excluding diaryl/α,β-unsaturated/α-hetero) is 1. The van der Waals surface area contributed by atoms with Crippen molar-refractivity contribution in [3.05, 3.63) is 52.8 Å². The van der Waals surface area contributed by atoms with Crippen molar-refractivity contribution in [3.8, 4) is 0 Å². The van der Waals surface area contributed by atoms with Crippen molar-refractivity contribution in [1.82, 2.24) is 9.78 Å². The zero-order chi connectivity index (χ0) is 13.8. The van der Waals surface area contributed by atoms with E-state index in [9.17, 15) is 4.79 Å². The minimum Gasteiger partial charge on any atom is -0.299 e. The topological polar surface area (TPSA) is 34.9 Å². The van der Waals surface area contributed by atoms with Gasteiger partial charge in [0.1, 0.15) is 5.78 Å². The molecule has 0 unspecified atom stereocenters. The van der Waals surface area contributed by atoms with E-state index in [1.807, 2.05) is 17.8 Å². The Bertz CT molecular complexity index is 584. The van der Waals surface area contributed by atoms with E-state index in [4.69, 9.17) is 0 Å². The summed E-state index contributed by atoms with van der Waals surface area (Å²) >= 11 is 0. The molecule has 0 bridgehead atoms. The van der Waals surface area contributed by atoms with Crippen molar-refractivity contribution >= 4 is 5.78 Å². The summed E-state index contributed by atoms with van der Waals surface area (Å²) in [5, 5.41) is 4.19. The predicted molar refractivity (Wildman–Crippen MR) is 76.2 cm³/mol. The standard InChI is InChI=1S/C16H20N2O/c1-4-18-11-14(10-17-18)8-16(19)9-15-7-12(2)5-6-13(15)3/h5-7,10-11H,4,8-9H2,1-3H3. The van der Waals surface area contributed by atoms with Crippen LogP contribution >= 0.6 is 0 Å². The van der Waals surface area contributed by atoms with Gasteiger partial charge in [-0.25, -0.2) is 0 Å². The van der Waals surface area contributed by atoms with E-state index in [0.29, 0.717) is 12.8 Å². The molecule has 0 saturated carbocycles. The summed E-state index contributed by atoms with van der Waals surface area (Å²) < 4.78 is 1.85. The molecule has 19 heavy (non-hydrogen) atoms. The zero-order valence-corrected chi connectivity index (χ0v) is 11.8. The van der Waals surface area contributed by atoms with Gasteiger partial charge in [-0.1, -0.05) is 23.8 Å². The van der Waals surface area contributed by atoms with Crippen molar-refractivity contribution in [3.63, 3.8) is 0 Å². The first kappa shape index (κ1) is 13.5. The number of rotatable bonds is 5. The molecule has 1 aromatic heterocycles. The molecule has 100 valence electrons. The van der Waals surface area contributed by atoms with Gasteiger partial charge in [0.2, 0.25) is 0 Å². The Hall–Kier alpha value is -1.90. The van der Waals surface area contributed by atoms with Gasteiger partial charge in [-0.15, -0.1) is 0 Å². The third-order valence-corrected chi connectivity index (χ3v) is 3.30. The fourth-order valence-electron chi connectivity index (χ4n) is 2.16. The highest BCUT2D eigenvalue weighted by Crippen LogP contribution is 2.13. The van der Waals surface area contributed by atoms with Crippen molar-refractivity contribution in [2.75, 3.05) is 0 Å². The van der Waals surface area contributed by atoms with Gasteiger partial charge in [-0.05, 0) is 37.5 Å². The monoisotopic (exact) mass is 256 g/mol. The first-order chi connectivity index (χ1) is 9.08. The van der Waals surface area contributed by atoms with Crippen molar-refractivity contribution < 1.29 is 4.79 Å². The minimum atomic E-state index is 0.240. The molecular formula is C16H20N2O. The molecule has 0 aliphatic heterocycles. The van der Waals surface area contributed by atoms with Gasteiger partial charge < -0.3 is 0 Å². The summed E-state index contributed by atoms with van der Waals surface area (Å²) in [4.78, 5) is 12.1. The lowest BCUT2D eigenvalue weighted by molar-refractivity contribution is -0.117. The molecule has 1 aromatic carbocycles. The number of aromatic nitrogens is 2. The minimum absolute atomic E-state index is 0.240. The Balaban J connectivity index is 2.03.